The standard InChI is InChI=1S/C13H20ClNO4S/c14-7-18-12-9-6-10-13(19-9)11(12)15(20(10,16)17)8-4-2-1-3-5-8/h8-13H,1-7H2. The zero-order chi connectivity index (χ0) is 13.9. The molecule has 2 bridgehead atoms. The topological polar surface area (TPSA) is 55.8 Å². The van der Waals surface area contributed by atoms with Crippen molar-refractivity contribution in [2.45, 2.75) is 74.2 Å². The Morgan fingerprint density at radius 3 is 2.70 bits per heavy atom. The maximum absolute atomic E-state index is 12.8. The highest BCUT2D eigenvalue weighted by Gasteiger charge is 2.69. The first-order valence-electron chi connectivity index (χ1n) is 7.50. The van der Waals surface area contributed by atoms with E-state index >= 15 is 0 Å². The van der Waals surface area contributed by atoms with Crippen molar-refractivity contribution in [2.24, 2.45) is 0 Å². The Hall–Kier alpha value is 0.120. The van der Waals surface area contributed by atoms with Gasteiger partial charge in [-0.25, -0.2) is 8.42 Å². The first-order valence-corrected chi connectivity index (χ1v) is 9.54. The average molecular weight is 322 g/mol. The molecular formula is C13H20ClNO4S. The monoisotopic (exact) mass is 321 g/mol. The van der Waals surface area contributed by atoms with Gasteiger partial charge >= 0.3 is 0 Å². The van der Waals surface area contributed by atoms with E-state index in [-0.39, 0.29) is 41.7 Å². The number of nitrogens with zero attached hydrogens (tertiary/aromatic N) is 1. The summed E-state index contributed by atoms with van der Waals surface area (Å²) >= 11 is 5.71. The van der Waals surface area contributed by atoms with Crippen molar-refractivity contribution in [1.29, 1.82) is 0 Å². The number of halogens is 1. The van der Waals surface area contributed by atoms with Gasteiger partial charge in [0.15, 0.2) is 0 Å². The molecule has 5 unspecified atom stereocenters. The molecule has 0 aromatic heterocycles. The highest BCUT2D eigenvalue weighted by Crippen LogP contribution is 2.51. The van der Waals surface area contributed by atoms with E-state index in [1.54, 1.807) is 4.31 Å². The third-order valence-corrected chi connectivity index (χ3v) is 7.84. The van der Waals surface area contributed by atoms with Crippen LogP contribution in [0.1, 0.15) is 38.5 Å². The van der Waals surface area contributed by atoms with E-state index in [1.165, 1.54) is 6.42 Å². The average Bonchev–Trinajstić information content (AvgIpc) is 3.04. The molecule has 0 aromatic rings. The van der Waals surface area contributed by atoms with Crippen molar-refractivity contribution in [3.63, 3.8) is 0 Å². The Morgan fingerprint density at radius 1 is 1.25 bits per heavy atom. The van der Waals surface area contributed by atoms with Crippen LogP contribution in [0.15, 0.2) is 0 Å². The Kier molecular flexibility index (Phi) is 3.31. The summed E-state index contributed by atoms with van der Waals surface area (Å²) in [5.74, 6) is 0. The molecule has 1 aliphatic carbocycles. The van der Waals surface area contributed by atoms with Crippen molar-refractivity contribution in [3.05, 3.63) is 0 Å². The lowest BCUT2D eigenvalue weighted by molar-refractivity contribution is 0.00318. The van der Waals surface area contributed by atoms with Crippen molar-refractivity contribution in [1.82, 2.24) is 4.31 Å². The summed E-state index contributed by atoms with van der Waals surface area (Å²) in [6.07, 6.45) is 5.44. The van der Waals surface area contributed by atoms with Gasteiger partial charge in [-0.05, 0) is 19.3 Å². The molecule has 0 aromatic carbocycles. The molecular weight excluding hydrogens is 302 g/mol. The molecule has 3 heterocycles. The number of alkyl halides is 1. The quantitative estimate of drug-likeness (QED) is 0.738. The van der Waals surface area contributed by atoms with E-state index in [1.807, 2.05) is 0 Å². The molecule has 0 amide bonds. The molecule has 4 rings (SSSR count). The lowest BCUT2D eigenvalue weighted by Crippen LogP contribution is -2.50. The van der Waals surface area contributed by atoms with Crippen LogP contribution in [0.4, 0.5) is 0 Å². The van der Waals surface area contributed by atoms with Crippen LogP contribution in [0.2, 0.25) is 0 Å². The van der Waals surface area contributed by atoms with Crippen LogP contribution in [-0.4, -0.2) is 54.4 Å². The van der Waals surface area contributed by atoms with Crippen LogP contribution in [0, 0.1) is 0 Å². The van der Waals surface area contributed by atoms with Gasteiger partial charge in [-0.1, -0.05) is 30.9 Å². The van der Waals surface area contributed by atoms with E-state index in [9.17, 15) is 8.42 Å². The van der Waals surface area contributed by atoms with Crippen molar-refractivity contribution in [3.8, 4) is 0 Å². The SMILES string of the molecule is O=S1(=O)C2CC3OC2C(C3OCCl)N1C1CCCCC1. The molecule has 7 heteroatoms. The summed E-state index contributed by atoms with van der Waals surface area (Å²) in [4.78, 5) is 0. The van der Waals surface area contributed by atoms with Gasteiger partial charge in [0.1, 0.15) is 17.4 Å². The van der Waals surface area contributed by atoms with Crippen LogP contribution < -0.4 is 0 Å². The summed E-state index contributed by atoms with van der Waals surface area (Å²) in [6.45, 7) is 0. The van der Waals surface area contributed by atoms with Gasteiger partial charge in [0.2, 0.25) is 10.0 Å². The van der Waals surface area contributed by atoms with Crippen LogP contribution in [-0.2, 0) is 19.5 Å². The Balaban J connectivity index is 1.69. The Morgan fingerprint density at radius 2 is 2.00 bits per heavy atom. The predicted molar refractivity (Wildman–Crippen MR) is 74.1 cm³/mol. The Labute approximate surface area is 124 Å². The molecule has 0 spiro atoms. The van der Waals surface area contributed by atoms with Crippen LogP contribution >= 0.6 is 11.6 Å². The Bertz CT molecular complexity index is 493. The number of sulfonamides is 1. The molecule has 114 valence electrons. The number of hydrogen-bond donors (Lipinski definition) is 0. The molecule has 1 saturated carbocycles. The second kappa shape index (κ2) is 4.81. The first kappa shape index (κ1) is 13.8. The smallest absolute Gasteiger partial charge is 0.220 e. The summed E-state index contributed by atoms with van der Waals surface area (Å²) in [6, 6.07) is 0.0791. The van der Waals surface area contributed by atoms with Crippen molar-refractivity contribution in [2.75, 3.05) is 6.07 Å². The van der Waals surface area contributed by atoms with Gasteiger partial charge < -0.3 is 9.47 Å². The van der Waals surface area contributed by atoms with Crippen LogP contribution in [0.25, 0.3) is 0 Å². The van der Waals surface area contributed by atoms with Crippen LogP contribution in [0.3, 0.4) is 0 Å². The third-order valence-electron chi connectivity index (χ3n) is 5.36. The number of hydrogen-bond acceptors (Lipinski definition) is 4. The molecule has 20 heavy (non-hydrogen) atoms. The normalized spacial score (nSPS) is 47.1. The zero-order valence-electron chi connectivity index (χ0n) is 11.3. The van der Waals surface area contributed by atoms with Crippen LogP contribution in [0.5, 0.6) is 0 Å². The van der Waals surface area contributed by atoms with Gasteiger partial charge in [-0.15, -0.1) is 0 Å². The van der Waals surface area contributed by atoms with E-state index in [0.29, 0.717) is 6.42 Å². The second-order valence-electron chi connectivity index (χ2n) is 6.31. The number of rotatable bonds is 3. The fourth-order valence-electron chi connectivity index (χ4n) is 4.60. The molecule has 4 fully saturated rings. The second-order valence-corrected chi connectivity index (χ2v) is 8.59. The molecule has 3 aliphatic heterocycles. The fraction of sp³-hybridized carbons (Fsp3) is 1.00. The summed E-state index contributed by atoms with van der Waals surface area (Å²) in [5.41, 5.74) is 0. The first-order chi connectivity index (χ1) is 9.64. The maximum atomic E-state index is 12.8. The summed E-state index contributed by atoms with van der Waals surface area (Å²) in [7, 11) is -3.24. The fourth-order valence-corrected chi connectivity index (χ4v) is 7.26. The minimum Gasteiger partial charge on any atom is -0.369 e. The number of fused-ring (bicyclic) bond motifs is 1. The highest BCUT2D eigenvalue weighted by atomic mass is 35.5. The summed E-state index contributed by atoms with van der Waals surface area (Å²) < 4.78 is 38.9. The van der Waals surface area contributed by atoms with E-state index in [2.05, 4.69) is 0 Å². The molecule has 4 aliphatic rings. The minimum absolute atomic E-state index is 0.0942. The predicted octanol–water partition coefficient (Wildman–Crippen LogP) is 1.45. The molecule has 5 atom stereocenters. The molecule has 0 N–H and O–H groups in total. The van der Waals surface area contributed by atoms with Gasteiger partial charge in [0.05, 0.1) is 18.2 Å². The van der Waals surface area contributed by atoms with Gasteiger partial charge in [-0.2, -0.15) is 4.31 Å². The summed E-state index contributed by atoms with van der Waals surface area (Å²) in [5, 5.41) is -0.352. The zero-order valence-corrected chi connectivity index (χ0v) is 12.9. The third kappa shape index (κ3) is 1.75. The molecule has 5 nitrogen and oxygen atoms in total. The van der Waals surface area contributed by atoms with Gasteiger partial charge in [0, 0.05) is 6.04 Å². The van der Waals surface area contributed by atoms with E-state index in [0.717, 1.165) is 25.7 Å². The van der Waals surface area contributed by atoms with Crippen molar-refractivity contribution < 1.29 is 17.9 Å². The molecule has 3 saturated heterocycles. The molecule has 0 radical (unpaired) electrons. The maximum Gasteiger partial charge on any atom is 0.220 e. The largest absolute Gasteiger partial charge is 0.369 e. The highest BCUT2D eigenvalue weighted by molar-refractivity contribution is 7.90. The van der Waals surface area contributed by atoms with E-state index in [4.69, 9.17) is 21.1 Å². The number of ether oxygens (including phenoxy) is 2. The van der Waals surface area contributed by atoms with Crippen molar-refractivity contribution >= 4 is 21.6 Å². The van der Waals surface area contributed by atoms with E-state index < -0.39 is 10.0 Å². The van der Waals surface area contributed by atoms with Gasteiger partial charge in [0.25, 0.3) is 0 Å². The van der Waals surface area contributed by atoms with Gasteiger partial charge in [-0.3, -0.25) is 0 Å². The lowest BCUT2D eigenvalue weighted by atomic mass is 9.89. The minimum atomic E-state index is -3.24. The lowest BCUT2D eigenvalue weighted by Gasteiger charge is -2.35.